The zero-order chi connectivity index (χ0) is 11.0. The summed E-state index contributed by atoms with van der Waals surface area (Å²) in [5.41, 5.74) is 0.553. The molecule has 2 bridgehead atoms. The van der Waals surface area contributed by atoms with Gasteiger partial charge in [-0.05, 0) is 18.9 Å². The van der Waals surface area contributed by atoms with Crippen molar-refractivity contribution < 1.29 is 4.79 Å². The molecule has 1 aromatic heterocycles. The van der Waals surface area contributed by atoms with E-state index in [9.17, 15) is 4.79 Å². The number of rotatable bonds is 2. The molecule has 3 aliphatic rings. The largest absolute Gasteiger partial charge is 0.312 e. The standard InChI is InChI=1S/C11H16N4O.ClH/c16-11(9-1-4-13-14-9)10-7-12-8-2-5-15(10)6-3-8;/h1,4,8,10,12H,2-3,5-7H2,(H,13,14);1H. The fourth-order valence-corrected chi connectivity index (χ4v) is 2.65. The van der Waals surface area contributed by atoms with Gasteiger partial charge in [0.15, 0.2) is 0 Å². The second-order valence-corrected chi connectivity index (χ2v) is 4.56. The zero-order valence-electron chi connectivity index (χ0n) is 9.56. The quantitative estimate of drug-likeness (QED) is 0.755. The number of ketones is 1. The molecule has 6 heteroatoms. The molecule has 0 radical (unpaired) electrons. The predicted molar refractivity (Wildman–Crippen MR) is 66.6 cm³/mol. The third-order valence-electron chi connectivity index (χ3n) is 3.63. The number of halogens is 1. The second kappa shape index (κ2) is 5.16. The maximum atomic E-state index is 12.2. The molecule has 0 spiro atoms. The first-order valence-electron chi connectivity index (χ1n) is 5.86. The second-order valence-electron chi connectivity index (χ2n) is 4.56. The van der Waals surface area contributed by atoms with Gasteiger partial charge in [0.25, 0.3) is 0 Å². The summed E-state index contributed by atoms with van der Waals surface area (Å²) >= 11 is 0. The van der Waals surface area contributed by atoms with E-state index in [1.165, 1.54) is 0 Å². The van der Waals surface area contributed by atoms with Crippen LogP contribution >= 0.6 is 12.4 Å². The van der Waals surface area contributed by atoms with Crippen molar-refractivity contribution in [3.05, 3.63) is 18.0 Å². The average molecular weight is 257 g/mol. The molecule has 2 N–H and O–H groups in total. The Morgan fingerprint density at radius 3 is 2.82 bits per heavy atom. The summed E-state index contributed by atoms with van der Waals surface area (Å²) in [6.07, 6.45) is 4.01. The van der Waals surface area contributed by atoms with Crippen LogP contribution in [-0.4, -0.2) is 52.6 Å². The maximum Gasteiger partial charge on any atom is 0.201 e. The van der Waals surface area contributed by atoms with Crippen LogP contribution in [0.25, 0.3) is 0 Å². The van der Waals surface area contributed by atoms with Crippen LogP contribution in [-0.2, 0) is 0 Å². The van der Waals surface area contributed by atoms with Gasteiger partial charge in [0.05, 0.1) is 6.04 Å². The van der Waals surface area contributed by atoms with Crippen molar-refractivity contribution in [2.24, 2.45) is 0 Å². The van der Waals surface area contributed by atoms with Gasteiger partial charge < -0.3 is 5.32 Å². The van der Waals surface area contributed by atoms with E-state index >= 15 is 0 Å². The predicted octanol–water partition coefficient (Wildman–Crippen LogP) is 0.450. The van der Waals surface area contributed by atoms with E-state index in [0.29, 0.717) is 11.7 Å². The number of H-pyrrole nitrogens is 1. The lowest BCUT2D eigenvalue weighted by Gasteiger charge is -2.30. The molecule has 1 unspecified atom stereocenters. The Labute approximate surface area is 106 Å². The highest BCUT2D eigenvalue weighted by Crippen LogP contribution is 2.19. The maximum absolute atomic E-state index is 12.2. The van der Waals surface area contributed by atoms with Crippen molar-refractivity contribution >= 4 is 18.2 Å². The van der Waals surface area contributed by atoms with E-state index in [4.69, 9.17) is 0 Å². The van der Waals surface area contributed by atoms with Gasteiger partial charge in [0, 0.05) is 31.9 Å². The molecule has 4 rings (SSSR count). The molecular weight excluding hydrogens is 240 g/mol. The van der Waals surface area contributed by atoms with E-state index in [2.05, 4.69) is 20.4 Å². The Bertz CT molecular complexity index is 373. The number of nitrogens with one attached hydrogen (secondary N) is 2. The number of aromatic nitrogens is 2. The van der Waals surface area contributed by atoms with Crippen molar-refractivity contribution in [1.82, 2.24) is 20.4 Å². The minimum Gasteiger partial charge on any atom is -0.312 e. The number of hydrogen-bond donors (Lipinski definition) is 2. The highest BCUT2D eigenvalue weighted by Gasteiger charge is 2.34. The minimum absolute atomic E-state index is 0. The fourth-order valence-electron chi connectivity index (χ4n) is 2.65. The zero-order valence-corrected chi connectivity index (χ0v) is 10.4. The van der Waals surface area contributed by atoms with Crippen LogP contribution in [0.4, 0.5) is 0 Å². The summed E-state index contributed by atoms with van der Waals surface area (Å²) in [6.45, 7) is 2.81. The summed E-state index contributed by atoms with van der Waals surface area (Å²) in [7, 11) is 0. The summed E-state index contributed by atoms with van der Waals surface area (Å²) in [5.74, 6) is 0.135. The molecule has 0 saturated carbocycles. The Morgan fingerprint density at radius 2 is 2.18 bits per heavy atom. The fraction of sp³-hybridized carbons (Fsp3) is 0.636. The lowest BCUT2D eigenvalue weighted by Crippen LogP contribution is -2.45. The van der Waals surface area contributed by atoms with Crippen LogP contribution in [0.1, 0.15) is 23.3 Å². The number of hydrogen-bond acceptors (Lipinski definition) is 4. The third-order valence-corrected chi connectivity index (χ3v) is 3.63. The third kappa shape index (κ3) is 2.36. The molecule has 3 fully saturated rings. The van der Waals surface area contributed by atoms with Gasteiger partial charge in [0.2, 0.25) is 5.78 Å². The van der Waals surface area contributed by atoms with E-state index in [1.807, 2.05) is 0 Å². The summed E-state index contributed by atoms with van der Waals surface area (Å²) in [6, 6.07) is 2.32. The highest BCUT2D eigenvalue weighted by molar-refractivity contribution is 5.98. The van der Waals surface area contributed by atoms with E-state index in [0.717, 1.165) is 32.5 Å². The van der Waals surface area contributed by atoms with Crippen molar-refractivity contribution in [2.45, 2.75) is 24.9 Å². The number of carbonyl (C=O) groups excluding carboxylic acids is 1. The smallest absolute Gasteiger partial charge is 0.201 e. The van der Waals surface area contributed by atoms with Crippen LogP contribution < -0.4 is 5.32 Å². The molecule has 0 amide bonds. The van der Waals surface area contributed by atoms with Gasteiger partial charge >= 0.3 is 0 Å². The molecule has 0 aromatic carbocycles. The van der Waals surface area contributed by atoms with Gasteiger partial charge in [0.1, 0.15) is 5.69 Å². The molecule has 17 heavy (non-hydrogen) atoms. The van der Waals surface area contributed by atoms with Gasteiger partial charge in [-0.25, -0.2) is 0 Å². The first kappa shape index (κ1) is 12.5. The number of aromatic amines is 1. The minimum atomic E-state index is -0.0317. The average Bonchev–Trinajstić information content (AvgIpc) is 2.70. The van der Waals surface area contributed by atoms with Crippen molar-refractivity contribution in [3.8, 4) is 0 Å². The number of carbonyl (C=O) groups is 1. The van der Waals surface area contributed by atoms with Crippen LogP contribution in [0.15, 0.2) is 12.3 Å². The lowest BCUT2D eigenvalue weighted by atomic mass is 10.0. The van der Waals surface area contributed by atoms with E-state index in [-0.39, 0.29) is 24.2 Å². The number of nitrogens with zero attached hydrogens (tertiary/aromatic N) is 2. The SMILES string of the molecule is Cl.O=C(c1cc[nH]n1)C1CNC2CCN1CC2. The Hall–Kier alpha value is -0.910. The Balaban J connectivity index is 0.00000108. The van der Waals surface area contributed by atoms with Crippen LogP contribution in [0, 0.1) is 0 Å². The van der Waals surface area contributed by atoms with Crippen LogP contribution in [0.2, 0.25) is 0 Å². The van der Waals surface area contributed by atoms with Gasteiger partial charge in [-0.3, -0.25) is 14.8 Å². The molecule has 5 nitrogen and oxygen atoms in total. The normalized spacial score (nSPS) is 31.6. The van der Waals surface area contributed by atoms with E-state index < -0.39 is 0 Å². The van der Waals surface area contributed by atoms with Gasteiger partial charge in [-0.15, -0.1) is 12.4 Å². The summed E-state index contributed by atoms with van der Waals surface area (Å²) in [5, 5.41) is 10.1. The van der Waals surface area contributed by atoms with Gasteiger partial charge in [-0.1, -0.05) is 0 Å². The molecule has 0 aliphatic carbocycles. The van der Waals surface area contributed by atoms with Crippen molar-refractivity contribution in [3.63, 3.8) is 0 Å². The Morgan fingerprint density at radius 1 is 1.41 bits per heavy atom. The molecule has 1 atom stereocenters. The molecule has 1 aromatic rings. The summed E-state index contributed by atoms with van der Waals surface area (Å²) in [4.78, 5) is 14.5. The Kier molecular flexibility index (Phi) is 3.81. The van der Waals surface area contributed by atoms with Gasteiger partial charge in [-0.2, -0.15) is 5.10 Å². The molecule has 4 heterocycles. The first-order valence-corrected chi connectivity index (χ1v) is 5.86. The van der Waals surface area contributed by atoms with E-state index in [1.54, 1.807) is 12.3 Å². The molecule has 3 saturated heterocycles. The molecular formula is C11H17ClN4O. The number of Topliss-reactive ketones (excluding diaryl/α,β-unsaturated/α-hetero) is 1. The highest BCUT2D eigenvalue weighted by atomic mass is 35.5. The van der Waals surface area contributed by atoms with Crippen LogP contribution in [0.3, 0.4) is 0 Å². The number of fused-ring (bicyclic) bond motifs is 4. The topological polar surface area (TPSA) is 61.0 Å². The molecule has 3 aliphatic heterocycles. The molecule has 94 valence electrons. The first-order chi connectivity index (χ1) is 7.84. The number of piperidine rings is 1. The monoisotopic (exact) mass is 256 g/mol. The van der Waals surface area contributed by atoms with Crippen molar-refractivity contribution in [2.75, 3.05) is 19.6 Å². The lowest BCUT2D eigenvalue weighted by molar-refractivity contribution is 0.0820. The summed E-state index contributed by atoms with van der Waals surface area (Å²) < 4.78 is 0. The van der Waals surface area contributed by atoms with Crippen molar-refractivity contribution in [1.29, 1.82) is 0 Å². The van der Waals surface area contributed by atoms with Crippen LogP contribution in [0.5, 0.6) is 0 Å².